The van der Waals surface area contributed by atoms with Crippen LogP contribution in [0.2, 0.25) is 10.0 Å². The first-order valence-electron chi connectivity index (χ1n) is 12.9. The summed E-state index contributed by atoms with van der Waals surface area (Å²) in [5.41, 5.74) is 6.84. The Balaban J connectivity index is 1.74. The fourth-order valence-corrected chi connectivity index (χ4v) is 5.07. The zero-order valence-corrected chi connectivity index (χ0v) is 23.8. The van der Waals surface area contributed by atoms with Crippen LogP contribution in [0.4, 0.5) is 0 Å². The van der Waals surface area contributed by atoms with Crippen LogP contribution >= 0.6 is 23.2 Å². The highest BCUT2D eigenvalue weighted by atomic mass is 35.5. The minimum atomic E-state index is 0.570. The maximum absolute atomic E-state index is 7.00. The first-order chi connectivity index (χ1) is 18.5. The second-order valence-corrected chi connectivity index (χ2v) is 9.70. The molecule has 0 spiro atoms. The van der Waals surface area contributed by atoms with Crippen molar-refractivity contribution in [2.45, 2.75) is 39.7 Å². The predicted octanol–water partition coefficient (Wildman–Crippen LogP) is 8.25. The SMILES string of the molecule is CCCCc1ccc(-c2cccc(-c3cccc(-c4ccc(CNCC)c(OC)n4)c3Cl)c2Cl)nc1OC. The summed E-state index contributed by atoms with van der Waals surface area (Å²) >= 11 is 14.0. The molecule has 4 rings (SSSR count). The van der Waals surface area contributed by atoms with Crippen molar-refractivity contribution in [2.75, 3.05) is 20.8 Å². The fraction of sp³-hybridized carbons (Fsp3) is 0.290. The van der Waals surface area contributed by atoms with E-state index in [1.165, 1.54) is 0 Å². The molecule has 5 nitrogen and oxygen atoms in total. The lowest BCUT2D eigenvalue weighted by molar-refractivity contribution is 0.391. The third kappa shape index (κ3) is 5.96. The number of aryl methyl sites for hydroxylation is 1. The summed E-state index contributed by atoms with van der Waals surface area (Å²) < 4.78 is 11.2. The smallest absolute Gasteiger partial charge is 0.218 e. The monoisotopic (exact) mass is 549 g/mol. The van der Waals surface area contributed by atoms with Gasteiger partial charge in [0.1, 0.15) is 0 Å². The van der Waals surface area contributed by atoms with Crippen LogP contribution in [0.3, 0.4) is 0 Å². The molecule has 0 bridgehead atoms. The first kappa shape index (κ1) is 27.9. The van der Waals surface area contributed by atoms with E-state index in [2.05, 4.69) is 25.2 Å². The van der Waals surface area contributed by atoms with Crippen molar-refractivity contribution in [3.8, 4) is 45.4 Å². The zero-order chi connectivity index (χ0) is 27.1. The molecule has 7 heteroatoms. The molecule has 1 N–H and O–H groups in total. The van der Waals surface area contributed by atoms with Gasteiger partial charge in [-0.15, -0.1) is 0 Å². The first-order valence-corrected chi connectivity index (χ1v) is 13.6. The van der Waals surface area contributed by atoms with Gasteiger partial charge in [-0.1, -0.05) is 92.0 Å². The minimum Gasteiger partial charge on any atom is -0.481 e. The Morgan fingerprint density at radius 1 is 0.684 bits per heavy atom. The average molecular weight is 551 g/mol. The topological polar surface area (TPSA) is 56.3 Å². The number of halogens is 2. The van der Waals surface area contributed by atoms with E-state index in [0.29, 0.717) is 28.3 Å². The van der Waals surface area contributed by atoms with E-state index in [4.69, 9.17) is 42.6 Å². The molecule has 0 amide bonds. The Kier molecular flexibility index (Phi) is 9.62. The van der Waals surface area contributed by atoms with Crippen LogP contribution in [0.5, 0.6) is 11.8 Å². The molecule has 0 saturated carbocycles. The molecule has 198 valence electrons. The molecule has 0 atom stereocenters. The molecule has 2 aromatic heterocycles. The number of pyridine rings is 2. The number of nitrogens with one attached hydrogen (secondary N) is 1. The second kappa shape index (κ2) is 13.1. The Labute approximate surface area is 235 Å². The molecule has 4 aromatic rings. The molecule has 0 radical (unpaired) electrons. The molecule has 0 fully saturated rings. The van der Waals surface area contributed by atoms with Gasteiger partial charge in [-0.2, -0.15) is 0 Å². The number of nitrogens with zero attached hydrogens (tertiary/aromatic N) is 2. The highest BCUT2D eigenvalue weighted by molar-refractivity contribution is 6.39. The van der Waals surface area contributed by atoms with Crippen LogP contribution in [0.15, 0.2) is 60.7 Å². The van der Waals surface area contributed by atoms with Crippen LogP contribution in [0.25, 0.3) is 33.6 Å². The Bertz CT molecular complexity index is 1300. The van der Waals surface area contributed by atoms with Gasteiger partial charge in [0.2, 0.25) is 11.8 Å². The standard InChI is InChI=1S/C31H33Cl2N3O2/c1-5-7-10-20-15-17-26(35-30(20)37-3)24-13-8-11-22(28(24)32)23-12-9-14-25(29(23)33)27-18-16-21(19-34-6-2)31(36-27)38-4/h8-9,11-18,34H,5-7,10,19H2,1-4H3. The number of benzene rings is 2. The van der Waals surface area contributed by atoms with Crippen LogP contribution in [0, 0.1) is 0 Å². The quantitative estimate of drug-likeness (QED) is 0.204. The highest BCUT2D eigenvalue weighted by Gasteiger charge is 2.18. The zero-order valence-electron chi connectivity index (χ0n) is 22.3. The second-order valence-electron chi connectivity index (χ2n) is 8.95. The van der Waals surface area contributed by atoms with Crippen molar-refractivity contribution in [3.63, 3.8) is 0 Å². The van der Waals surface area contributed by atoms with Crippen molar-refractivity contribution in [3.05, 3.63) is 81.8 Å². The number of unbranched alkanes of at least 4 members (excludes halogenated alkanes) is 1. The molecule has 2 heterocycles. The van der Waals surface area contributed by atoms with Gasteiger partial charge in [0.05, 0.1) is 35.7 Å². The minimum absolute atomic E-state index is 0.570. The van der Waals surface area contributed by atoms with Crippen molar-refractivity contribution >= 4 is 23.2 Å². The van der Waals surface area contributed by atoms with Gasteiger partial charge in [0, 0.05) is 39.9 Å². The summed E-state index contributed by atoms with van der Waals surface area (Å²) in [5.74, 6) is 1.21. The van der Waals surface area contributed by atoms with E-state index in [9.17, 15) is 0 Å². The Hall–Kier alpha value is -3.12. The Morgan fingerprint density at radius 2 is 1.18 bits per heavy atom. The maximum Gasteiger partial charge on any atom is 0.218 e. The maximum atomic E-state index is 7.00. The molecule has 0 unspecified atom stereocenters. The lowest BCUT2D eigenvalue weighted by Crippen LogP contribution is -2.13. The third-order valence-electron chi connectivity index (χ3n) is 6.47. The Morgan fingerprint density at radius 3 is 1.68 bits per heavy atom. The number of hydrogen-bond donors (Lipinski definition) is 1. The summed E-state index contributed by atoms with van der Waals surface area (Å²) in [6.45, 7) is 5.78. The van der Waals surface area contributed by atoms with Crippen LogP contribution in [-0.2, 0) is 13.0 Å². The van der Waals surface area contributed by atoms with E-state index >= 15 is 0 Å². The molecule has 0 aliphatic carbocycles. The van der Waals surface area contributed by atoms with Gasteiger partial charge >= 0.3 is 0 Å². The lowest BCUT2D eigenvalue weighted by atomic mass is 9.98. The van der Waals surface area contributed by atoms with E-state index in [1.54, 1.807) is 14.2 Å². The van der Waals surface area contributed by atoms with Gasteiger partial charge in [-0.3, -0.25) is 0 Å². The molecule has 0 saturated heterocycles. The average Bonchev–Trinajstić information content (AvgIpc) is 2.95. The third-order valence-corrected chi connectivity index (χ3v) is 7.28. The van der Waals surface area contributed by atoms with Crippen molar-refractivity contribution < 1.29 is 9.47 Å². The van der Waals surface area contributed by atoms with Gasteiger partial charge in [0.15, 0.2) is 0 Å². The predicted molar refractivity (Wildman–Crippen MR) is 157 cm³/mol. The van der Waals surface area contributed by atoms with Gasteiger partial charge in [0.25, 0.3) is 0 Å². The lowest BCUT2D eigenvalue weighted by Gasteiger charge is -2.15. The van der Waals surface area contributed by atoms with Crippen LogP contribution < -0.4 is 14.8 Å². The highest BCUT2D eigenvalue weighted by Crippen LogP contribution is 2.42. The summed E-state index contributed by atoms with van der Waals surface area (Å²) in [5, 5.41) is 4.46. The number of methoxy groups -OCH3 is 2. The van der Waals surface area contributed by atoms with Gasteiger partial charge in [-0.25, -0.2) is 9.97 Å². The number of rotatable bonds is 11. The van der Waals surface area contributed by atoms with Gasteiger partial charge in [-0.05, 0) is 31.5 Å². The number of hydrogen-bond acceptors (Lipinski definition) is 5. The summed E-state index contributed by atoms with van der Waals surface area (Å²) in [4.78, 5) is 9.52. The molecular formula is C31H33Cl2N3O2. The van der Waals surface area contributed by atoms with E-state index in [0.717, 1.165) is 70.6 Å². The summed E-state index contributed by atoms with van der Waals surface area (Å²) in [6.07, 6.45) is 3.13. The molecule has 0 aliphatic rings. The van der Waals surface area contributed by atoms with Crippen molar-refractivity contribution in [1.82, 2.24) is 15.3 Å². The van der Waals surface area contributed by atoms with E-state index < -0.39 is 0 Å². The fourth-order valence-electron chi connectivity index (χ4n) is 4.42. The molecule has 2 aromatic carbocycles. The number of ether oxygens (including phenoxy) is 2. The summed E-state index contributed by atoms with van der Waals surface area (Å²) in [7, 11) is 3.28. The normalized spacial score (nSPS) is 11.0. The van der Waals surface area contributed by atoms with Crippen molar-refractivity contribution in [2.24, 2.45) is 0 Å². The molecular weight excluding hydrogens is 517 g/mol. The van der Waals surface area contributed by atoms with Crippen LogP contribution in [0.1, 0.15) is 37.8 Å². The molecule has 0 aliphatic heterocycles. The summed E-state index contributed by atoms with van der Waals surface area (Å²) in [6, 6.07) is 19.8. The van der Waals surface area contributed by atoms with Crippen molar-refractivity contribution in [1.29, 1.82) is 0 Å². The molecule has 38 heavy (non-hydrogen) atoms. The van der Waals surface area contributed by atoms with Crippen LogP contribution in [-0.4, -0.2) is 30.7 Å². The van der Waals surface area contributed by atoms with Gasteiger partial charge < -0.3 is 14.8 Å². The number of aromatic nitrogens is 2. The van der Waals surface area contributed by atoms with E-state index in [1.807, 2.05) is 54.6 Å². The van der Waals surface area contributed by atoms with E-state index in [-0.39, 0.29) is 0 Å². The largest absolute Gasteiger partial charge is 0.481 e.